The minimum absolute atomic E-state index is 0.523. The number of hydrogen-bond acceptors (Lipinski definition) is 2. The maximum absolute atomic E-state index is 5.34. The van der Waals surface area contributed by atoms with E-state index in [0.29, 0.717) is 5.11 Å². The highest BCUT2D eigenvalue weighted by molar-refractivity contribution is 9.10. The zero-order chi connectivity index (χ0) is 14.5. The number of methoxy groups -OCH3 is 1. The van der Waals surface area contributed by atoms with Gasteiger partial charge in [0.2, 0.25) is 0 Å². The highest BCUT2D eigenvalue weighted by Crippen LogP contribution is 2.25. The van der Waals surface area contributed by atoms with E-state index in [2.05, 4.69) is 26.6 Å². The molecule has 0 fully saturated rings. The molecule has 0 aliphatic carbocycles. The molecule has 0 bridgehead atoms. The first-order valence-corrected chi connectivity index (χ1v) is 7.27. The van der Waals surface area contributed by atoms with Gasteiger partial charge in [-0.25, -0.2) is 0 Å². The van der Waals surface area contributed by atoms with Gasteiger partial charge in [0.15, 0.2) is 5.11 Å². The van der Waals surface area contributed by atoms with Crippen LogP contribution in [0.5, 0.6) is 5.75 Å². The monoisotopic (exact) mass is 350 g/mol. The van der Waals surface area contributed by atoms with Crippen LogP contribution in [0, 0.1) is 6.92 Å². The SMILES string of the molecule is COc1cc(C)ccc1NC(=S)Nc1ccc(Br)cc1. The molecule has 2 aromatic rings. The van der Waals surface area contributed by atoms with Crippen molar-refractivity contribution in [3.63, 3.8) is 0 Å². The Morgan fingerprint density at radius 1 is 1.10 bits per heavy atom. The lowest BCUT2D eigenvalue weighted by Crippen LogP contribution is -2.19. The number of aryl methyl sites for hydroxylation is 1. The normalized spacial score (nSPS) is 9.95. The average Bonchev–Trinajstić information content (AvgIpc) is 2.43. The zero-order valence-electron chi connectivity index (χ0n) is 11.2. The van der Waals surface area contributed by atoms with E-state index in [1.807, 2.05) is 49.4 Å². The lowest BCUT2D eigenvalue weighted by Gasteiger charge is -2.14. The van der Waals surface area contributed by atoms with E-state index in [1.165, 1.54) is 0 Å². The van der Waals surface area contributed by atoms with Crippen LogP contribution in [0.25, 0.3) is 0 Å². The molecule has 2 aromatic carbocycles. The van der Waals surface area contributed by atoms with E-state index in [-0.39, 0.29) is 0 Å². The van der Waals surface area contributed by atoms with Crippen LogP contribution in [0.4, 0.5) is 11.4 Å². The van der Waals surface area contributed by atoms with Gasteiger partial charge in [-0.3, -0.25) is 0 Å². The molecule has 0 radical (unpaired) electrons. The zero-order valence-corrected chi connectivity index (χ0v) is 13.6. The lowest BCUT2D eigenvalue weighted by atomic mass is 10.2. The molecule has 3 nitrogen and oxygen atoms in total. The van der Waals surface area contributed by atoms with Gasteiger partial charge in [0.25, 0.3) is 0 Å². The molecule has 104 valence electrons. The van der Waals surface area contributed by atoms with Gasteiger partial charge in [-0.1, -0.05) is 22.0 Å². The van der Waals surface area contributed by atoms with Crippen LogP contribution >= 0.6 is 28.1 Å². The maximum atomic E-state index is 5.34. The Kier molecular flexibility index (Phi) is 4.98. The summed E-state index contributed by atoms with van der Waals surface area (Å²) < 4.78 is 6.37. The summed E-state index contributed by atoms with van der Waals surface area (Å²) in [7, 11) is 1.64. The molecule has 0 spiro atoms. The van der Waals surface area contributed by atoms with Crippen molar-refractivity contribution in [1.29, 1.82) is 0 Å². The molecule has 0 aliphatic heterocycles. The molecule has 0 aliphatic rings. The van der Waals surface area contributed by atoms with E-state index >= 15 is 0 Å². The fourth-order valence-corrected chi connectivity index (χ4v) is 2.21. The van der Waals surface area contributed by atoms with Crippen molar-refractivity contribution < 1.29 is 4.74 Å². The number of benzene rings is 2. The van der Waals surface area contributed by atoms with Crippen molar-refractivity contribution in [3.8, 4) is 5.75 Å². The number of halogens is 1. The van der Waals surface area contributed by atoms with E-state index in [9.17, 15) is 0 Å². The Morgan fingerprint density at radius 3 is 2.45 bits per heavy atom. The van der Waals surface area contributed by atoms with Crippen LogP contribution < -0.4 is 15.4 Å². The molecular weight excluding hydrogens is 336 g/mol. The summed E-state index contributed by atoms with van der Waals surface area (Å²) in [5.41, 5.74) is 2.91. The predicted molar refractivity (Wildman–Crippen MR) is 91.7 cm³/mol. The number of ether oxygens (including phenoxy) is 1. The second-order valence-electron chi connectivity index (χ2n) is 4.29. The fourth-order valence-electron chi connectivity index (χ4n) is 1.72. The molecule has 0 heterocycles. The summed E-state index contributed by atoms with van der Waals surface area (Å²) in [5.74, 6) is 0.768. The summed E-state index contributed by atoms with van der Waals surface area (Å²) in [4.78, 5) is 0. The van der Waals surface area contributed by atoms with Crippen molar-refractivity contribution in [2.75, 3.05) is 17.7 Å². The first kappa shape index (κ1) is 14.8. The minimum Gasteiger partial charge on any atom is -0.495 e. The van der Waals surface area contributed by atoms with Crippen LogP contribution in [0.15, 0.2) is 46.9 Å². The van der Waals surface area contributed by atoms with Crippen molar-refractivity contribution >= 4 is 44.6 Å². The van der Waals surface area contributed by atoms with E-state index in [1.54, 1.807) is 7.11 Å². The van der Waals surface area contributed by atoms with Gasteiger partial charge in [-0.15, -0.1) is 0 Å². The van der Waals surface area contributed by atoms with Crippen LogP contribution in [0.3, 0.4) is 0 Å². The van der Waals surface area contributed by atoms with Crippen LogP contribution in [0.2, 0.25) is 0 Å². The molecule has 20 heavy (non-hydrogen) atoms. The van der Waals surface area contributed by atoms with E-state index in [0.717, 1.165) is 27.2 Å². The molecule has 0 amide bonds. The summed E-state index contributed by atoms with van der Waals surface area (Å²) in [6.45, 7) is 2.02. The summed E-state index contributed by atoms with van der Waals surface area (Å²) in [6, 6.07) is 13.7. The topological polar surface area (TPSA) is 33.3 Å². The summed E-state index contributed by atoms with van der Waals surface area (Å²) in [5, 5.41) is 6.79. The van der Waals surface area contributed by atoms with Gasteiger partial charge < -0.3 is 15.4 Å². The summed E-state index contributed by atoms with van der Waals surface area (Å²) in [6.07, 6.45) is 0. The van der Waals surface area contributed by atoms with Crippen LogP contribution in [0.1, 0.15) is 5.56 Å². The van der Waals surface area contributed by atoms with Crippen molar-refractivity contribution in [1.82, 2.24) is 0 Å². The Morgan fingerprint density at radius 2 is 1.80 bits per heavy atom. The molecule has 0 atom stereocenters. The number of anilines is 2. The number of hydrogen-bond donors (Lipinski definition) is 2. The Hall–Kier alpha value is -1.59. The third-order valence-corrected chi connectivity index (χ3v) is 3.44. The molecule has 2 N–H and O–H groups in total. The first-order chi connectivity index (χ1) is 9.58. The maximum Gasteiger partial charge on any atom is 0.175 e. The van der Waals surface area contributed by atoms with Gasteiger partial charge in [0, 0.05) is 10.2 Å². The highest BCUT2D eigenvalue weighted by Gasteiger charge is 2.05. The Balaban J connectivity index is 2.06. The quantitative estimate of drug-likeness (QED) is 0.794. The van der Waals surface area contributed by atoms with Crippen molar-refractivity contribution in [3.05, 3.63) is 52.5 Å². The molecule has 0 unspecified atom stereocenters. The van der Waals surface area contributed by atoms with Gasteiger partial charge in [0.05, 0.1) is 12.8 Å². The predicted octanol–water partition coefficient (Wildman–Crippen LogP) is 4.58. The molecule has 0 saturated heterocycles. The molecule has 2 rings (SSSR count). The molecule has 5 heteroatoms. The van der Waals surface area contributed by atoms with Crippen molar-refractivity contribution in [2.45, 2.75) is 6.92 Å². The second-order valence-corrected chi connectivity index (χ2v) is 5.61. The Labute approximate surface area is 132 Å². The number of thiocarbonyl (C=S) groups is 1. The lowest BCUT2D eigenvalue weighted by molar-refractivity contribution is 0.416. The summed E-state index contributed by atoms with van der Waals surface area (Å²) >= 11 is 8.70. The number of rotatable bonds is 3. The van der Waals surface area contributed by atoms with Gasteiger partial charge >= 0.3 is 0 Å². The minimum atomic E-state index is 0.523. The van der Waals surface area contributed by atoms with Crippen molar-refractivity contribution in [2.24, 2.45) is 0 Å². The number of nitrogens with one attached hydrogen (secondary N) is 2. The first-order valence-electron chi connectivity index (χ1n) is 6.06. The van der Waals surface area contributed by atoms with E-state index in [4.69, 9.17) is 17.0 Å². The molecule has 0 saturated carbocycles. The van der Waals surface area contributed by atoms with E-state index < -0.39 is 0 Å². The average molecular weight is 351 g/mol. The third kappa shape index (κ3) is 3.95. The van der Waals surface area contributed by atoms with Gasteiger partial charge in [0.1, 0.15) is 5.75 Å². The largest absolute Gasteiger partial charge is 0.495 e. The van der Waals surface area contributed by atoms with Crippen LogP contribution in [-0.4, -0.2) is 12.2 Å². The van der Waals surface area contributed by atoms with Gasteiger partial charge in [-0.2, -0.15) is 0 Å². The Bertz CT molecular complexity index is 614. The molecule has 0 aromatic heterocycles. The highest BCUT2D eigenvalue weighted by atomic mass is 79.9. The second kappa shape index (κ2) is 6.72. The standard InChI is InChI=1S/C15H15BrN2OS/c1-10-3-8-13(14(9-10)19-2)18-15(20)17-12-6-4-11(16)5-7-12/h3-9H,1-2H3,(H2,17,18,20). The van der Waals surface area contributed by atoms with Crippen LogP contribution in [-0.2, 0) is 0 Å². The molecular formula is C15H15BrN2OS. The van der Waals surface area contributed by atoms with Gasteiger partial charge in [-0.05, 0) is 61.1 Å². The fraction of sp³-hybridized carbons (Fsp3) is 0.133. The third-order valence-electron chi connectivity index (χ3n) is 2.71. The smallest absolute Gasteiger partial charge is 0.175 e.